The number of fused-ring (bicyclic) bond motifs is 1. The van der Waals surface area contributed by atoms with Gasteiger partial charge in [-0.25, -0.2) is 0 Å². The van der Waals surface area contributed by atoms with Crippen LogP contribution in [0.3, 0.4) is 0 Å². The number of anilines is 3. The average Bonchev–Trinajstić information content (AvgIpc) is 2.99. The van der Waals surface area contributed by atoms with Crippen molar-refractivity contribution in [2.45, 2.75) is 32.7 Å². The van der Waals surface area contributed by atoms with Crippen LogP contribution in [0.5, 0.6) is 0 Å². The number of Topliss-reactive ketones (excluding diaryl/α,β-unsaturated/α-hetero) is 1. The molecule has 1 heterocycles. The zero-order valence-corrected chi connectivity index (χ0v) is 20.7. The highest BCUT2D eigenvalue weighted by Gasteiger charge is 2.38. The van der Waals surface area contributed by atoms with Crippen LogP contribution in [0.25, 0.3) is 0 Å². The molecule has 0 aromatic heterocycles. The Balaban J connectivity index is 1.59. The molecule has 3 aromatic rings. The minimum atomic E-state index is -0.305. The topological polar surface area (TPSA) is 61.4 Å². The van der Waals surface area contributed by atoms with Gasteiger partial charge in [-0.3, -0.25) is 9.59 Å². The second-order valence-corrected chi connectivity index (χ2v) is 10.5. The number of nitrogens with one attached hydrogen (secondary N) is 2. The van der Waals surface area contributed by atoms with Crippen LogP contribution < -0.4 is 15.5 Å². The summed E-state index contributed by atoms with van der Waals surface area (Å²) in [4.78, 5) is 28.7. The van der Waals surface area contributed by atoms with E-state index in [2.05, 4.69) is 53.6 Å². The fraction of sp³-hybridized carbons (Fsp3) is 0.267. The van der Waals surface area contributed by atoms with Crippen molar-refractivity contribution in [3.8, 4) is 0 Å². The summed E-state index contributed by atoms with van der Waals surface area (Å²) in [7, 11) is 4.02. The molecule has 0 saturated carbocycles. The molecular formula is C30H31N3O2. The first-order valence-electron chi connectivity index (χ1n) is 12.0. The molecule has 0 fully saturated rings. The SMILES string of the molecule is CN(C)c1ccc([C@@H]2Nc3cc(C(=O)c4ccccc4)ccc3NC3=C2C(=O)CC(C)(C)C3)cc1. The van der Waals surface area contributed by atoms with Crippen molar-refractivity contribution in [1.82, 2.24) is 0 Å². The summed E-state index contributed by atoms with van der Waals surface area (Å²) in [5, 5.41) is 7.18. The van der Waals surface area contributed by atoms with Crippen LogP contribution in [-0.4, -0.2) is 25.7 Å². The highest BCUT2D eigenvalue weighted by Crippen LogP contribution is 2.45. The molecule has 0 amide bonds. The minimum Gasteiger partial charge on any atom is -0.378 e. The van der Waals surface area contributed by atoms with Crippen molar-refractivity contribution in [3.05, 3.63) is 101 Å². The van der Waals surface area contributed by atoms with Crippen molar-refractivity contribution in [3.63, 3.8) is 0 Å². The summed E-state index contributed by atoms with van der Waals surface area (Å²) in [5.41, 5.74) is 6.70. The van der Waals surface area contributed by atoms with Gasteiger partial charge >= 0.3 is 0 Å². The van der Waals surface area contributed by atoms with Gasteiger partial charge in [0.05, 0.1) is 17.4 Å². The quantitative estimate of drug-likeness (QED) is 0.449. The molecule has 0 saturated heterocycles. The molecule has 1 aliphatic heterocycles. The number of ketones is 2. The van der Waals surface area contributed by atoms with Crippen molar-refractivity contribution in [2.75, 3.05) is 29.6 Å². The Labute approximate surface area is 206 Å². The Hall–Kier alpha value is -3.86. The summed E-state index contributed by atoms with van der Waals surface area (Å²) in [6, 6.07) is 23.0. The molecule has 0 spiro atoms. The van der Waals surface area contributed by atoms with Crippen LogP contribution in [0.1, 0.15) is 54.2 Å². The first-order valence-corrected chi connectivity index (χ1v) is 12.0. The van der Waals surface area contributed by atoms with Gasteiger partial charge in [0.15, 0.2) is 11.6 Å². The van der Waals surface area contributed by atoms with Gasteiger partial charge in [0.25, 0.3) is 0 Å². The number of hydrogen-bond donors (Lipinski definition) is 2. The molecule has 35 heavy (non-hydrogen) atoms. The number of carbonyl (C=O) groups is 2. The number of rotatable bonds is 4. The lowest BCUT2D eigenvalue weighted by Gasteiger charge is -2.34. The maximum atomic E-state index is 13.5. The molecule has 0 bridgehead atoms. The summed E-state index contributed by atoms with van der Waals surface area (Å²) in [6.45, 7) is 4.27. The Morgan fingerprint density at radius 3 is 2.29 bits per heavy atom. The van der Waals surface area contributed by atoms with E-state index in [0.717, 1.165) is 40.3 Å². The van der Waals surface area contributed by atoms with E-state index in [4.69, 9.17) is 0 Å². The smallest absolute Gasteiger partial charge is 0.193 e. The van der Waals surface area contributed by atoms with Gasteiger partial charge in [0, 0.05) is 48.6 Å². The van der Waals surface area contributed by atoms with E-state index in [1.54, 1.807) is 0 Å². The van der Waals surface area contributed by atoms with Gasteiger partial charge in [-0.05, 0) is 47.7 Å². The molecule has 5 nitrogen and oxygen atoms in total. The van der Waals surface area contributed by atoms with Gasteiger partial charge in [-0.2, -0.15) is 0 Å². The maximum Gasteiger partial charge on any atom is 0.193 e. The molecule has 3 aromatic carbocycles. The third kappa shape index (κ3) is 4.46. The zero-order valence-electron chi connectivity index (χ0n) is 20.7. The molecule has 5 rings (SSSR count). The fourth-order valence-corrected chi connectivity index (χ4v) is 5.06. The second-order valence-electron chi connectivity index (χ2n) is 10.5. The van der Waals surface area contributed by atoms with E-state index in [1.807, 2.05) is 62.6 Å². The number of allylic oxidation sites excluding steroid dienone is 1. The second kappa shape index (κ2) is 8.73. The lowest BCUT2D eigenvalue weighted by Crippen LogP contribution is -2.31. The monoisotopic (exact) mass is 465 g/mol. The molecule has 0 radical (unpaired) electrons. The van der Waals surface area contributed by atoms with Crippen LogP contribution in [0.4, 0.5) is 17.1 Å². The lowest BCUT2D eigenvalue weighted by molar-refractivity contribution is -0.118. The zero-order chi connectivity index (χ0) is 24.7. The summed E-state index contributed by atoms with van der Waals surface area (Å²) >= 11 is 0. The van der Waals surface area contributed by atoms with E-state index >= 15 is 0 Å². The van der Waals surface area contributed by atoms with E-state index in [9.17, 15) is 9.59 Å². The summed E-state index contributed by atoms with van der Waals surface area (Å²) in [5.74, 6) is 0.132. The Morgan fingerprint density at radius 2 is 1.60 bits per heavy atom. The van der Waals surface area contributed by atoms with E-state index in [0.29, 0.717) is 17.5 Å². The Kier molecular flexibility index (Phi) is 5.72. The molecule has 1 aliphatic carbocycles. The predicted molar refractivity (Wildman–Crippen MR) is 142 cm³/mol. The lowest BCUT2D eigenvalue weighted by atomic mass is 9.73. The first-order chi connectivity index (χ1) is 16.7. The van der Waals surface area contributed by atoms with Crippen molar-refractivity contribution < 1.29 is 9.59 Å². The largest absolute Gasteiger partial charge is 0.378 e. The van der Waals surface area contributed by atoms with Crippen molar-refractivity contribution >= 4 is 28.6 Å². The molecule has 0 unspecified atom stereocenters. The highest BCUT2D eigenvalue weighted by molar-refractivity contribution is 6.10. The van der Waals surface area contributed by atoms with Crippen LogP contribution in [0.15, 0.2) is 84.1 Å². The Morgan fingerprint density at radius 1 is 0.886 bits per heavy atom. The molecule has 2 N–H and O–H groups in total. The number of benzene rings is 3. The third-order valence-corrected chi connectivity index (χ3v) is 6.85. The van der Waals surface area contributed by atoms with Crippen LogP contribution in [0, 0.1) is 5.41 Å². The van der Waals surface area contributed by atoms with Crippen LogP contribution in [-0.2, 0) is 4.79 Å². The van der Waals surface area contributed by atoms with Crippen LogP contribution in [0.2, 0.25) is 0 Å². The molecule has 178 valence electrons. The number of nitrogens with zero attached hydrogens (tertiary/aromatic N) is 1. The van der Waals surface area contributed by atoms with Gasteiger partial charge < -0.3 is 15.5 Å². The highest BCUT2D eigenvalue weighted by atomic mass is 16.1. The fourth-order valence-electron chi connectivity index (χ4n) is 5.06. The molecule has 2 aliphatic rings. The Bertz CT molecular complexity index is 1320. The van der Waals surface area contributed by atoms with E-state index in [1.165, 1.54) is 0 Å². The maximum absolute atomic E-state index is 13.5. The van der Waals surface area contributed by atoms with Gasteiger partial charge in [0.2, 0.25) is 0 Å². The van der Waals surface area contributed by atoms with Crippen molar-refractivity contribution in [1.29, 1.82) is 0 Å². The number of hydrogen-bond acceptors (Lipinski definition) is 5. The average molecular weight is 466 g/mol. The molecule has 5 heteroatoms. The van der Waals surface area contributed by atoms with Gasteiger partial charge in [0.1, 0.15) is 0 Å². The molecular weight excluding hydrogens is 434 g/mol. The first kappa shape index (κ1) is 22.9. The summed E-state index contributed by atoms with van der Waals surface area (Å²) in [6.07, 6.45) is 1.29. The van der Waals surface area contributed by atoms with Gasteiger partial charge in [-0.15, -0.1) is 0 Å². The predicted octanol–water partition coefficient (Wildman–Crippen LogP) is 6.21. The normalized spacial score (nSPS) is 18.5. The van der Waals surface area contributed by atoms with Crippen molar-refractivity contribution in [2.24, 2.45) is 5.41 Å². The van der Waals surface area contributed by atoms with Gasteiger partial charge in [-0.1, -0.05) is 56.3 Å². The number of carbonyl (C=O) groups excluding carboxylic acids is 2. The summed E-state index contributed by atoms with van der Waals surface area (Å²) < 4.78 is 0. The molecule has 1 atom stereocenters. The third-order valence-electron chi connectivity index (χ3n) is 6.85. The minimum absolute atomic E-state index is 0.0266. The van der Waals surface area contributed by atoms with E-state index < -0.39 is 0 Å². The standard InChI is InChI=1S/C30H31N3O2/c1-30(2)17-25-27(26(34)18-30)28(19-10-13-22(14-11-19)33(3)4)32-24-16-21(12-15-23(24)31-25)29(35)20-8-6-5-7-9-20/h5-16,28,31-32H,17-18H2,1-4H3/t28-/m0/s1. The van der Waals surface area contributed by atoms with Crippen LogP contribution >= 0.6 is 0 Å². The van der Waals surface area contributed by atoms with E-state index in [-0.39, 0.29) is 23.0 Å².